The zero-order chi connectivity index (χ0) is 11.4. The molecule has 0 saturated heterocycles. The zero-order valence-corrected chi connectivity index (χ0v) is 7.93. The molecule has 0 fully saturated rings. The Kier molecular flexibility index (Phi) is 3.71. The number of Topliss-reactive ketones (excluding diaryl/α,β-unsaturated/α-hetero) is 1. The molecule has 0 aromatic carbocycles. The van der Waals surface area contributed by atoms with Gasteiger partial charge in [-0.05, 0) is 6.42 Å². The monoisotopic (exact) mass is 216 g/mol. The van der Waals surface area contributed by atoms with E-state index in [1.165, 1.54) is 0 Å². The predicted octanol–water partition coefficient (Wildman–Crippen LogP) is 2.29. The number of carboxylic acids is 1. The van der Waals surface area contributed by atoms with Gasteiger partial charge in [0.15, 0.2) is 5.78 Å². The lowest BCUT2D eigenvalue weighted by molar-refractivity contribution is -0.138. The Labute approximate surface area is 85.1 Å². The standard InChI is InChI=1S/C10H10F2O3/c11-6-1-2-7(8(12)5-6)9(13)3-4-10(14)15/h5H,1-4H2,(H,14,15). The van der Waals surface area contributed by atoms with Crippen LogP contribution in [0, 0.1) is 0 Å². The summed E-state index contributed by atoms with van der Waals surface area (Å²) in [7, 11) is 0. The van der Waals surface area contributed by atoms with Crippen LogP contribution in [0.25, 0.3) is 0 Å². The normalized spacial score (nSPS) is 16.3. The fourth-order valence-corrected chi connectivity index (χ4v) is 1.30. The van der Waals surface area contributed by atoms with E-state index in [1.807, 2.05) is 0 Å². The molecule has 1 N–H and O–H groups in total. The van der Waals surface area contributed by atoms with E-state index in [9.17, 15) is 18.4 Å². The van der Waals surface area contributed by atoms with Gasteiger partial charge in [-0.3, -0.25) is 9.59 Å². The second kappa shape index (κ2) is 4.82. The average molecular weight is 216 g/mol. The number of hydrogen-bond donors (Lipinski definition) is 1. The molecule has 3 nitrogen and oxygen atoms in total. The number of allylic oxidation sites excluding steroid dienone is 4. The fraction of sp³-hybridized carbons (Fsp3) is 0.400. The largest absolute Gasteiger partial charge is 0.481 e. The molecule has 0 heterocycles. The first-order chi connectivity index (χ1) is 7.00. The Morgan fingerprint density at radius 2 is 1.93 bits per heavy atom. The van der Waals surface area contributed by atoms with Gasteiger partial charge in [-0.15, -0.1) is 0 Å². The van der Waals surface area contributed by atoms with Crippen LogP contribution in [0.3, 0.4) is 0 Å². The molecule has 0 amide bonds. The van der Waals surface area contributed by atoms with Crippen molar-refractivity contribution in [2.75, 3.05) is 0 Å². The van der Waals surface area contributed by atoms with E-state index in [4.69, 9.17) is 5.11 Å². The summed E-state index contributed by atoms with van der Waals surface area (Å²) in [5.74, 6) is -3.14. The predicted molar refractivity (Wildman–Crippen MR) is 48.4 cm³/mol. The minimum atomic E-state index is -1.11. The van der Waals surface area contributed by atoms with Gasteiger partial charge in [-0.1, -0.05) is 0 Å². The highest BCUT2D eigenvalue weighted by atomic mass is 19.1. The molecule has 0 aliphatic heterocycles. The van der Waals surface area contributed by atoms with Crippen LogP contribution >= 0.6 is 0 Å². The van der Waals surface area contributed by atoms with E-state index >= 15 is 0 Å². The Balaban J connectivity index is 2.67. The smallest absolute Gasteiger partial charge is 0.303 e. The maximum atomic E-state index is 13.1. The van der Waals surface area contributed by atoms with E-state index < -0.39 is 23.4 Å². The summed E-state index contributed by atoms with van der Waals surface area (Å²) in [6, 6.07) is 0. The summed E-state index contributed by atoms with van der Waals surface area (Å²) < 4.78 is 25.6. The van der Waals surface area contributed by atoms with Crippen LogP contribution in [-0.4, -0.2) is 16.9 Å². The molecule has 1 rings (SSSR count). The Morgan fingerprint density at radius 1 is 1.27 bits per heavy atom. The SMILES string of the molecule is O=C(O)CCC(=O)C1=C(F)C=C(F)CC1. The van der Waals surface area contributed by atoms with Gasteiger partial charge in [0.25, 0.3) is 0 Å². The Bertz CT molecular complexity index is 356. The Hall–Kier alpha value is -1.52. The highest BCUT2D eigenvalue weighted by Crippen LogP contribution is 2.26. The summed E-state index contributed by atoms with van der Waals surface area (Å²) in [5, 5.41) is 8.33. The number of rotatable bonds is 4. The molecule has 0 aromatic heterocycles. The van der Waals surface area contributed by atoms with Gasteiger partial charge in [0.2, 0.25) is 0 Å². The van der Waals surface area contributed by atoms with Crippen molar-refractivity contribution in [2.24, 2.45) is 0 Å². The van der Waals surface area contributed by atoms with Gasteiger partial charge in [0.1, 0.15) is 11.7 Å². The van der Waals surface area contributed by atoms with Gasteiger partial charge in [0, 0.05) is 24.5 Å². The lowest BCUT2D eigenvalue weighted by Crippen LogP contribution is -2.09. The molecular weight excluding hydrogens is 206 g/mol. The number of carbonyl (C=O) groups is 2. The summed E-state index contributed by atoms with van der Waals surface area (Å²) in [4.78, 5) is 21.5. The lowest BCUT2D eigenvalue weighted by Gasteiger charge is -2.10. The number of carbonyl (C=O) groups excluding carboxylic acids is 1. The maximum Gasteiger partial charge on any atom is 0.303 e. The van der Waals surface area contributed by atoms with Crippen molar-refractivity contribution < 1.29 is 23.5 Å². The van der Waals surface area contributed by atoms with Crippen molar-refractivity contribution in [3.05, 3.63) is 23.3 Å². The van der Waals surface area contributed by atoms with Crippen LogP contribution in [0.4, 0.5) is 8.78 Å². The van der Waals surface area contributed by atoms with Crippen LogP contribution in [0.2, 0.25) is 0 Å². The number of hydrogen-bond acceptors (Lipinski definition) is 2. The lowest BCUT2D eigenvalue weighted by atomic mass is 9.97. The summed E-state index contributed by atoms with van der Waals surface area (Å²) >= 11 is 0. The minimum absolute atomic E-state index is 0.00155. The number of aliphatic carboxylic acids is 1. The molecule has 0 spiro atoms. The number of ketones is 1. The first-order valence-corrected chi connectivity index (χ1v) is 4.50. The van der Waals surface area contributed by atoms with Gasteiger partial charge < -0.3 is 5.11 Å². The van der Waals surface area contributed by atoms with E-state index in [2.05, 4.69) is 0 Å². The van der Waals surface area contributed by atoms with Crippen LogP contribution in [0.15, 0.2) is 23.3 Å². The van der Waals surface area contributed by atoms with Crippen molar-refractivity contribution in [3.63, 3.8) is 0 Å². The van der Waals surface area contributed by atoms with Gasteiger partial charge >= 0.3 is 5.97 Å². The van der Waals surface area contributed by atoms with E-state index in [1.54, 1.807) is 0 Å². The molecule has 0 unspecified atom stereocenters. The summed E-state index contributed by atoms with van der Waals surface area (Å²) in [5.41, 5.74) is -0.0994. The summed E-state index contributed by atoms with van der Waals surface area (Å²) in [6.45, 7) is 0. The second-order valence-electron chi connectivity index (χ2n) is 3.23. The van der Waals surface area contributed by atoms with Gasteiger partial charge in [0.05, 0.1) is 6.42 Å². The topological polar surface area (TPSA) is 54.4 Å². The molecule has 15 heavy (non-hydrogen) atoms. The molecule has 0 aromatic rings. The molecule has 82 valence electrons. The third-order valence-corrected chi connectivity index (χ3v) is 2.09. The Morgan fingerprint density at radius 3 is 2.47 bits per heavy atom. The molecule has 5 heteroatoms. The molecule has 0 saturated carbocycles. The summed E-state index contributed by atoms with van der Waals surface area (Å²) in [6.07, 6.45) is 0.112. The average Bonchev–Trinajstić information content (AvgIpc) is 2.14. The minimum Gasteiger partial charge on any atom is -0.481 e. The number of carboxylic acid groups (broad SMARTS) is 1. The fourth-order valence-electron chi connectivity index (χ4n) is 1.30. The van der Waals surface area contributed by atoms with Crippen LogP contribution in [-0.2, 0) is 9.59 Å². The van der Waals surface area contributed by atoms with E-state index in [0.717, 1.165) is 0 Å². The van der Waals surface area contributed by atoms with Crippen molar-refractivity contribution in [1.29, 1.82) is 0 Å². The second-order valence-corrected chi connectivity index (χ2v) is 3.23. The van der Waals surface area contributed by atoms with Crippen molar-refractivity contribution >= 4 is 11.8 Å². The zero-order valence-electron chi connectivity index (χ0n) is 7.93. The quantitative estimate of drug-likeness (QED) is 0.784. The molecule has 1 aliphatic carbocycles. The van der Waals surface area contributed by atoms with Crippen molar-refractivity contribution in [1.82, 2.24) is 0 Å². The highest BCUT2D eigenvalue weighted by molar-refractivity contribution is 5.97. The van der Waals surface area contributed by atoms with Gasteiger partial charge in [-0.25, -0.2) is 8.78 Å². The van der Waals surface area contributed by atoms with Crippen molar-refractivity contribution in [3.8, 4) is 0 Å². The third-order valence-electron chi connectivity index (χ3n) is 2.09. The van der Waals surface area contributed by atoms with Crippen LogP contribution < -0.4 is 0 Å². The van der Waals surface area contributed by atoms with Crippen LogP contribution in [0.5, 0.6) is 0 Å². The molecular formula is C10H10F2O3. The highest BCUT2D eigenvalue weighted by Gasteiger charge is 2.20. The van der Waals surface area contributed by atoms with E-state index in [0.29, 0.717) is 6.08 Å². The molecule has 0 atom stereocenters. The first-order valence-electron chi connectivity index (χ1n) is 4.50. The number of halogens is 2. The van der Waals surface area contributed by atoms with E-state index in [-0.39, 0.29) is 31.3 Å². The van der Waals surface area contributed by atoms with Gasteiger partial charge in [-0.2, -0.15) is 0 Å². The molecule has 0 bridgehead atoms. The molecule has 0 radical (unpaired) electrons. The maximum absolute atomic E-state index is 13.1. The molecule has 1 aliphatic rings. The van der Waals surface area contributed by atoms with Crippen molar-refractivity contribution in [2.45, 2.75) is 25.7 Å². The van der Waals surface area contributed by atoms with Crippen LogP contribution in [0.1, 0.15) is 25.7 Å². The first kappa shape index (κ1) is 11.6. The third kappa shape index (κ3) is 3.27.